The van der Waals surface area contributed by atoms with E-state index in [-0.39, 0.29) is 11.8 Å². The van der Waals surface area contributed by atoms with Crippen molar-refractivity contribution >= 4 is 5.69 Å². The lowest BCUT2D eigenvalue weighted by atomic mass is 10.1. The molecule has 0 saturated heterocycles. The quantitative estimate of drug-likeness (QED) is 0.691. The number of aromatic hydroxyl groups is 1. The summed E-state index contributed by atoms with van der Waals surface area (Å²) in [5, 5.41) is 22.8. The highest BCUT2D eigenvalue weighted by atomic mass is 16.5. The SMILES string of the molecule is CNC(C)c1ccc(N(C)CC(O)COC)cc1O. The maximum absolute atomic E-state index is 10.0. The Morgan fingerprint density at radius 1 is 1.42 bits per heavy atom. The number of nitrogens with one attached hydrogen (secondary N) is 1. The number of hydrogen-bond acceptors (Lipinski definition) is 5. The number of phenols is 1. The van der Waals surface area contributed by atoms with E-state index in [0.29, 0.717) is 13.2 Å². The Labute approximate surface area is 114 Å². The third-order valence-corrected chi connectivity index (χ3v) is 3.20. The molecule has 5 nitrogen and oxygen atoms in total. The number of phenolic OH excluding ortho intramolecular Hbond substituents is 1. The summed E-state index contributed by atoms with van der Waals surface area (Å²) in [7, 11) is 5.28. The van der Waals surface area contributed by atoms with E-state index in [1.54, 1.807) is 13.2 Å². The Balaban J connectivity index is 2.77. The van der Waals surface area contributed by atoms with Gasteiger partial charge in [-0.25, -0.2) is 0 Å². The van der Waals surface area contributed by atoms with Gasteiger partial charge < -0.3 is 25.2 Å². The molecule has 0 aliphatic rings. The van der Waals surface area contributed by atoms with Crippen LogP contribution >= 0.6 is 0 Å². The zero-order valence-corrected chi connectivity index (χ0v) is 12.1. The van der Waals surface area contributed by atoms with Crippen LogP contribution in [0.5, 0.6) is 5.75 Å². The third-order valence-electron chi connectivity index (χ3n) is 3.20. The van der Waals surface area contributed by atoms with E-state index in [1.165, 1.54) is 0 Å². The number of likely N-dealkylation sites (N-methyl/N-ethyl adjacent to an activating group) is 1. The number of ether oxygens (including phenoxy) is 1. The fourth-order valence-electron chi connectivity index (χ4n) is 1.96. The zero-order chi connectivity index (χ0) is 14.4. The highest BCUT2D eigenvalue weighted by Crippen LogP contribution is 2.28. The number of nitrogens with zero attached hydrogens (tertiary/aromatic N) is 1. The number of rotatable bonds is 7. The minimum absolute atomic E-state index is 0.0958. The molecule has 0 radical (unpaired) electrons. The molecule has 0 aliphatic carbocycles. The molecule has 0 heterocycles. The molecule has 5 heteroatoms. The first-order valence-electron chi connectivity index (χ1n) is 6.38. The van der Waals surface area contributed by atoms with Gasteiger partial charge >= 0.3 is 0 Å². The Kier molecular flexibility index (Phi) is 6.08. The standard InChI is InChI=1S/C14H24N2O3/c1-10(15-2)13-6-5-11(7-14(13)18)16(3)8-12(17)9-19-4/h5-7,10,12,15,17-18H,8-9H2,1-4H3. The molecule has 1 aromatic carbocycles. The molecule has 108 valence electrons. The molecule has 0 saturated carbocycles. The summed E-state index contributed by atoms with van der Waals surface area (Å²) in [6.45, 7) is 2.74. The summed E-state index contributed by atoms with van der Waals surface area (Å²) in [6, 6.07) is 5.63. The van der Waals surface area contributed by atoms with Crippen LogP contribution in [0.3, 0.4) is 0 Å². The number of hydrogen-bond donors (Lipinski definition) is 3. The lowest BCUT2D eigenvalue weighted by Crippen LogP contribution is -2.31. The lowest BCUT2D eigenvalue weighted by molar-refractivity contribution is 0.0695. The molecule has 3 N–H and O–H groups in total. The van der Waals surface area contributed by atoms with Crippen molar-refractivity contribution in [3.8, 4) is 5.75 Å². The van der Waals surface area contributed by atoms with E-state index in [4.69, 9.17) is 4.74 Å². The van der Waals surface area contributed by atoms with E-state index in [2.05, 4.69) is 5.32 Å². The number of methoxy groups -OCH3 is 1. The second kappa shape index (κ2) is 7.33. The van der Waals surface area contributed by atoms with Crippen LogP contribution in [0.2, 0.25) is 0 Å². The average Bonchev–Trinajstić information content (AvgIpc) is 2.37. The van der Waals surface area contributed by atoms with E-state index < -0.39 is 6.10 Å². The van der Waals surface area contributed by atoms with Crippen LogP contribution in [0.25, 0.3) is 0 Å². The van der Waals surface area contributed by atoms with Crippen molar-refractivity contribution < 1.29 is 14.9 Å². The van der Waals surface area contributed by atoms with E-state index >= 15 is 0 Å². The van der Waals surface area contributed by atoms with Crippen molar-refractivity contribution in [3.63, 3.8) is 0 Å². The highest BCUT2D eigenvalue weighted by molar-refractivity contribution is 5.53. The van der Waals surface area contributed by atoms with Gasteiger partial charge in [-0.05, 0) is 20.0 Å². The fraction of sp³-hybridized carbons (Fsp3) is 0.571. The minimum Gasteiger partial charge on any atom is -0.508 e. The van der Waals surface area contributed by atoms with E-state index in [9.17, 15) is 10.2 Å². The summed E-state index contributed by atoms with van der Waals surface area (Å²) in [5.74, 6) is 0.257. The van der Waals surface area contributed by atoms with Crippen LogP contribution in [0.4, 0.5) is 5.69 Å². The van der Waals surface area contributed by atoms with Crippen LogP contribution in [0, 0.1) is 0 Å². The number of aliphatic hydroxyl groups excluding tert-OH is 1. The Hall–Kier alpha value is -1.30. The van der Waals surface area contributed by atoms with Gasteiger partial charge in [-0.15, -0.1) is 0 Å². The van der Waals surface area contributed by atoms with E-state index in [1.807, 2.05) is 38.1 Å². The molecular weight excluding hydrogens is 244 g/mol. The molecule has 19 heavy (non-hydrogen) atoms. The van der Waals surface area contributed by atoms with Crippen molar-refractivity contribution in [1.29, 1.82) is 0 Å². The molecule has 1 rings (SSSR count). The Morgan fingerprint density at radius 3 is 2.63 bits per heavy atom. The first-order valence-corrected chi connectivity index (χ1v) is 6.38. The van der Waals surface area contributed by atoms with Crippen molar-refractivity contribution in [1.82, 2.24) is 5.32 Å². The molecule has 0 amide bonds. The summed E-state index contributed by atoms with van der Waals surface area (Å²) in [5.41, 5.74) is 1.72. The molecule has 2 unspecified atom stereocenters. The molecule has 0 aliphatic heterocycles. The highest BCUT2D eigenvalue weighted by Gasteiger charge is 2.12. The lowest BCUT2D eigenvalue weighted by Gasteiger charge is -2.23. The third kappa shape index (κ3) is 4.38. The van der Waals surface area contributed by atoms with Crippen LogP contribution in [0.1, 0.15) is 18.5 Å². The first-order chi connectivity index (χ1) is 8.99. The molecule has 0 spiro atoms. The van der Waals surface area contributed by atoms with Crippen LogP contribution in [0.15, 0.2) is 18.2 Å². The Bertz CT molecular complexity index is 398. The molecular formula is C14H24N2O3. The molecule has 1 aromatic rings. The van der Waals surface area contributed by atoms with Gasteiger partial charge in [0.2, 0.25) is 0 Å². The van der Waals surface area contributed by atoms with Gasteiger partial charge in [0, 0.05) is 44.1 Å². The number of aliphatic hydroxyl groups is 1. The second-order valence-electron chi connectivity index (χ2n) is 4.74. The van der Waals surface area contributed by atoms with Gasteiger partial charge in [-0.2, -0.15) is 0 Å². The van der Waals surface area contributed by atoms with Crippen LogP contribution in [-0.4, -0.2) is 50.7 Å². The maximum Gasteiger partial charge on any atom is 0.122 e. The molecule has 0 bridgehead atoms. The zero-order valence-electron chi connectivity index (χ0n) is 12.1. The van der Waals surface area contributed by atoms with Crippen molar-refractivity contribution in [3.05, 3.63) is 23.8 Å². The minimum atomic E-state index is -0.548. The Morgan fingerprint density at radius 2 is 2.11 bits per heavy atom. The molecule has 2 atom stereocenters. The largest absolute Gasteiger partial charge is 0.508 e. The van der Waals surface area contributed by atoms with Gasteiger partial charge in [-0.3, -0.25) is 0 Å². The van der Waals surface area contributed by atoms with Crippen molar-refractivity contribution in [2.45, 2.75) is 19.1 Å². The maximum atomic E-state index is 10.0. The molecule has 0 fully saturated rings. The number of benzene rings is 1. The summed E-state index contributed by atoms with van der Waals surface area (Å²) in [6.07, 6.45) is -0.548. The van der Waals surface area contributed by atoms with Gasteiger partial charge in [0.15, 0.2) is 0 Å². The normalized spacial score (nSPS) is 14.2. The molecule has 0 aromatic heterocycles. The van der Waals surface area contributed by atoms with Crippen LogP contribution in [-0.2, 0) is 4.74 Å². The smallest absolute Gasteiger partial charge is 0.122 e. The van der Waals surface area contributed by atoms with E-state index in [0.717, 1.165) is 11.3 Å². The first kappa shape index (κ1) is 15.8. The van der Waals surface area contributed by atoms with Crippen molar-refractivity contribution in [2.75, 3.05) is 39.3 Å². The van der Waals surface area contributed by atoms with Gasteiger partial charge in [0.1, 0.15) is 5.75 Å². The van der Waals surface area contributed by atoms with Gasteiger partial charge in [0.05, 0.1) is 12.7 Å². The predicted octanol–water partition coefficient (Wildman–Crippen LogP) is 1.12. The summed E-state index contributed by atoms with van der Waals surface area (Å²) >= 11 is 0. The summed E-state index contributed by atoms with van der Waals surface area (Å²) in [4.78, 5) is 1.89. The second-order valence-corrected chi connectivity index (χ2v) is 4.74. The monoisotopic (exact) mass is 268 g/mol. The topological polar surface area (TPSA) is 65.0 Å². The summed E-state index contributed by atoms with van der Waals surface area (Å²) < 4.78 is 4.89. The number of anilines is 1. The fourth-order valence-corrected chi connectivity index (χ4v) is 1.96. The van der Waals surface area contributed by atoms with Gasteiger partial charge in [-0.1, -0.05) is 6.07 Å². The van der Waals surface area contributed by atoms with Crippen LogP contribution < -0.4 is 10.2 Å². The van der Waals surface area contributed by atoms with Crippen molar-refractivity contribution in [2.24, 2.45) is 0 Å². The predicted molar refractivity (Wildman–Crippen MR) is 76.7 cm³/mol. The van der Waals surface area contributed by atoms with Gasteiger partial charge in [0.25, 0.3) is 0 Å². The average molecular weight is 268 g/mol.